The average molecular weight is 271 g/mol. The molecule has 1 saturated carbocycles. The van der Waals surface area contributed by atoms with Crippen LogP contribution in [0.3, 0.4) is 0 Å². The van der Waals surface area contributed by atoms with E-state index in [1.807, 2.05) is 18.2 Å². The lowest BCUT2D eigenvalue weighted by atomic mass is 9.91. The summed E-state index contributed by atoms with van der Waals surface area (Å²) in [6.45, 7) is 0. The van der Waals surface area contributed by atoms with E-state index in [0.29, 0.717) is 5.91 Å². The Hall–Kier alpha value is -1.35. The van der Waals surface area contributed by atoms with Crippen LogP contribution in [0.4, 0.5) is 0 Å². The molecule has 106 valence electrons. The Labute approximate surface area is 119 Å². The third kappa shape index (κ3) is 1.72. The Morgan fingerprint density at radius 3 is 2.25 bits per heavy atom. The molecule has 0 spiro atoms. The maximum absolute atomic E-state index is 13.1. The number of piperidine rings is 1. The minimum absolute atomic E-state index is 0.205. The van der Waals surface area contributed by atoms with E-state index in [9.17, 15) is 9.90 Å². The molecule has 1 aromatic rings. The van der Waals surface area contributed by atoms with Crippen molar-refractivity contribution in [1.29, 1.82) is 0 Å². The molecule has 2 saturated heterocycles. The molecule has 3 nitrogen and oxygen atoms in total. The molecular weight excluding hydrogens is 250 g/mol. The largest absolute Gasteiger partial charge is 0.393 e. The predicted octanol–water partition coefficient (Wildman–Crippen LogP) is 2.23. The zero-order valence-corrected chi connectivity index (χ0v) is 11.7. The van der Waals surface area contributed by atoms with E-state index < -0.39 is 0 Å². The molecule has 2 heterocycles. The topological polar surface area (TPSA) is 40.5 Å². The van der Waals surface area contributed by atoms with Gasteiger partial charge in [0.05, 0.1) is 11.5 Å². The van der Waals surface area contributed by atoms with E-state index in [4.69, 9.17) is 0 Å². The van der Waals surface area contributed by atoms with Crippen LogP contribution in [0.1, 0.15) is 44.1 Å². The van der Waals surface area contributed by atoms with E-state index in [2.05, 4.69) is 17.0 Å². The third-order valence-electron chi connectivity index (χ3n) is 5.43. The lowest BCUT2D eigenvalue weighted by Gasteiger charge is -2.39. The van der Waals surface area contributed by atoms with Gasteiger partial charge >= 0.3 is 0 Å². The molecule has 2 aliphatic heterocycles. The summed E-state index contributed by atoms with van der Waals surface area (Å²) >= 11 is 0. The van der Waals surface area contributed by atoms with Crippen LogP contribution >= 0.6 is 0 Å². The Kier molecular flexibility index (Phi) is 2.68. The van der Waals surface area contributed by atoms with E-state index in [1.54, 1.807) is 0 Å². The van der Waals surface area contributed by atoms with Crippen LogP contribution in [0.25, 0.3) is 0 Å². The summed E-state index contributed by atoms with van der Waals surface area (Å²) in [7, 11) is 0. The van der Waals surface area contributed by atoms with Crippen LogP contribution in [-0.4, -0.2) is 34.1 Å². The van der Waals surface area contributed by atoms with E-state index in [1.165, 1.54) is 5.56 Å². The van der Waals surface area contributed by atoms with Crippen molar-refractivity contribution in [1.82, 2.24) is 4.90 Å². The van der Waals surface area contributed by atoms with Crippen LogP contribution in [0.5, 0.6) is 0 Å². The second-order valence-electron chi connectivity index (χ2n) is 6.67. The van der Waals surface area contributed by atoms with Crippen molar-refractivity contribution in [2.24, 2.45) is 0 Å². The van der Waals surface area contributed by atoms with Gasteiger partial charge in [0.15, 0.2) is 0 Å². The van der Waals surface area contributed by atoms with Gasteiger partial charge in [-0.25, -0.2) is 0 Å². The highest BCUT2D eigenvalue weighted by Gasteiger charge is 2.56. The van der Waals surface area contributed by atoms with Gasteiger partial charge in [-0.05, 0) is 44.1 Å². The van der Waals surface area contributed by atoms with E-state index in [0.717, 1.165) is 38.5 Å². The first-order valence-electron chi connectivity index (χ1n) is 7.77. The molecule has 0 aromatic heterocycles. The van der Waals surface area contributed by atoms with Crippen LogP contribution < -0.4 is 0 Å². The first-order chi connectivity index (χ1) is 9.71. The molecular formula is C17H21NO2. The van der Waals surface area contributed by atoms with Gasteiger partial charge in [0, 0.05) is 12.1 Å². The number of hydrogen-bond donors (Lipinski definition) is 1. The molecule has 1 N–H and O–H groups in total. The molecule has 1 aromatic carbocycles. The SMILES string of the molecule is O=C(N1C2CCC1CC(O)C2)C1(c2ccccc2)CC1. The van der Waals surface area contributed by atoms with Crippen molar-refractivity contribution in [3.63, 3.8) is 0 Å². The summed E-state index contributed by atoms with van der Waals surface area (Å²) in [5, 5.41) is 9.89. The van der Waals surface area contributed by atoms with Gasteiger partial charge in [0.25, 0.3) is 0 Å². The number of aliphatic hydroxyl groups is 1. The molecule has 2 atom stereocenters. The van der Waals surface area contributed by atoms with Crippen LogP contribution in [0, 0.1) is 0 Å². The standard InChI is InChI=1S/C17H21NO2/c19-15-10-13-6-7-14(11-15)18(13)16(20)17(8-9-17)12-4-2-1-3-5-12/h1-5,13-15,19H,6-11H2. The van der Waals surface area contributed by atoms with Gasteiger partial charge in [-0.3, -0.25) is 4.79 Å². The third-order valence-corrected chi connectivity index (χ3v) is 5.43. The van der Waals surface area contributed by atoms with Crippen LogP contribution in [-0.2, 0) is 10.2 Å². The maximum Gasteiger partial charge on any atom is 0.233 e. The number of amides is 1. The molecule has 3 heteroatoms. The second-order valence-corrected chi connectivity index (χ2v) is 6.67. The van der Waals surface area contributed by atoms with Crippen molar-refractivity contribution >= 4 is 5.91 Å². The minimum Gasteiger partial charge on any atom is -0.393 e. The Morgan fingerprint density at radius 2 is 1.70 bits per heavy atom. The minimum atomic E-state index is -0.246. The Morgan fingerprint density at radius 1 is 1.10 bits per heavy atom. The number of benzene rings is 1. The van der Waals surface area contributed by atoms with Crippen molar-refractivity contribution < 1.29 is 9.90 Å². The molecule has 1 amide bonds. The first kappa shape index (κ1) is 12.4. The number of rotatable bonds is 2. The summed E-state index contributed by atoms with van der Waals surface area (Å²) < 4.78 is 0. The lowest BCUT2D eigenvalue weighted by molar-refractivity contribution is -0.140. The summed E-state index contributed by atoms with van der Waals surface area (Å²) in [5.74, 6) is 0.322. The number of carbonyl (C=O) groups is 1. The summed E-state index contributed by atoms with van der Waals surface area (Å²) in [6.07, 6.45) is 5.43. The lowest BCUT2D eigenvalue weighted by Crippen LogP contribution is -2.51. The highest BCUT2D eigenvalue weighted by atomic mass is 16.3. The van der Waals surface area contributed by atoms with Gasteiger partial charge in [0.1, 0.15) is 0 Å². The highest BCUT2D eigenvalue weighted by Crippen LogP contribution is 2.52. The number of nitrogens with zero attached hydrogens (tertiary/aromatic N) is 1. The zero-order valence-electron chi connectivity index (χ0n) is 11.7. The van der Waals surface area contributed by atoms with Crippen LogP contribution in [0.15, 0.2) is 30.3 Å². The number of hydrogen-bond acceptors (Lipinski definition) is 2. The smallest absolute Gasteiger partial charge is 0.233 e. The highest BCUT2D eigenvalue weighted by molar-refractivity contribution is 5.92. The monoisotopic (exact) mass is 271 g/mol. The van der Waals surface area contributed by atoms with E-state index >= 15 is 0 Å². The maximum atomic E-state index is 13.1. The number of aliphatic hydroxyl groups excluding tert-OH is 1. The Bertz CT molecular complexity index is 509. The zero-order chi connectivity index (χ0) is 13.7. The fourth-order valence-corrected chi connectivity index (χ4v) is 4.24. The molecule has 3 aliphatic rings. The van der Waals surface area contributed by atoms with Gasteiger partial charge in [-0.2, -0.15) is 0 Å². The molecule has 2 bridgehead atoms. The fourth-order valence-electron chi connectivity index (χ4n) is 4.24. The molecule has 20 heavy (non-hydrogen) atoms. The summed E-state index contributed by atoms with van der Waals surface area (Å²) in [4.78, 5) is 15.2. The van der Waals surface area contributed by atoms with Crippen LogP contribution in [0.2, 0.25) is 0 Å². The van der Waals surface area contributed by atoms with Crippen molar-refractivity contribution in [3.8, 4) is 0 Å². The fraction of sp³-hybridized carbons (Fsp3) is 0.588. The molecule has 3 fully saturated rings. The van der Waals surface area contributed by atoms with Gasteiger partial charge in [0.2, 0.25) is 5.91 Å². The van der Waals surface area contributed by atoms with E-state index in [-0.39, 0.29) is 23.6 Å². The van der Waals surface area contributed by atoms with Crippen molar-refractivity contribution in [2.45, 2.75) is 62.1 Å². The molecule has 1 aliphatic carbocycles. The van der Waals surface area contributed by atoms with Crippen molar-refractivity contribution in [3.05, 3.63) is 35.9 Å². The number of carbonyl (C=O) groups excluding carboxylic acids is 1. The number of fused-ring (bicyclic) bond motifs is 2. The molecule has 4 rings (SSSR count). The predicted molar refractivity (Wildman–Crippen MR) is 76.3 cm³/mol. The van der Waals surface area contributed by atoms with Gasteiger partial charge in [-0.1, -0.05) is 30.3 Å². The first-order valence-corrected chi connectivity index (χ1v) is 7.77. The normalized spacial score (nSPS) is 34.0. The van der Waals surface area contributed by atoms with Gasteiger partial charge in [-0.15, -0.1) is 0 Å². The quantitative estimate of drug-likeness (QED) is 0.896. The molecule has 2 unspecified atom stereocenters. The Balaban J connectivity index is 1.62. The average Bonchev–Trinajstić information content (AvgIpc) is 3.22. The summed E-state index contributed by atoms with van der Waals surface area (Å²) in [6, 6.07) is 10.8. The second kappa shape index (κ2) is 4.32. The molecule has 0 radical (unpaired) electrons. The van der Waals surface area contributed by atoms with Crippen molar-refractivity contribution in [2.75, 3.05) is 0 Å². The summed E-state index contributed by atoms with van der Waals surface area (Å²) in [5.41, 5.74) is 0.931. The van der Waals surface area contributed by atoms with Gasteiger partial charge < -0.3 is 10.0 Å².